The summed E-state index contributed by atoms with van der Waals surface area (Å²) in [7, 11) is 0. The summed E-state index contributed by atoms with van der Waals surface area (Å²) in [6.07, 6.45) is 0.717. The maximum Gasteiger partial charge on any atom is 0.159 e. The Bertz CT molecular complexity index is 226. The summed E-state index contributed by atoms with van der Waals surface area (Å²) in [5.41, 5.74) is 1.02. The van der Waals surface area contributed by atoms with Crippen LogP contribution < -0.4 is 0 Å². The van der Waals surface area contributed by atoms with Crippen LogP contribution in [0.3, 0.4) is 0 Å². The first-order valence-corrected chi connectivity index (χ1v) is 4.57. The molecule has 0 bridgehead atoms. The Balaban J connectivity index is 0.000001000. The molecule has 0 saturated heterocycles. The van der Waals surface area contributed by atoms with Crippen LogP contribution in [0.2, 0.25) is 0 Å². The van der Waals surface area contributed by atoms with Gasteiger partial charge < -0.3 is 5.11 Å². The van der Waals surface area contributed by atoms with Crippen molar-refractivity contribution in [3.63, 3.8) is 0 Å². The summed E-state index contributed by atoms with van der Waals surface area (Å²) in [6.45, 7) is 2.15. The minimum atomic E-state index is 0. The molecular weight excluding hydrogens is 294 g/mol. The van der Waals surface area contributed by atoms with Gasteiger partial charge in [-0.25, -0.2) is 4.98 Å². The summed E-state index contributed by atoms with van der Waals surface area (Å²) in [6, 6.07) is 0. The molecule has 0 saturated carbocycles. The van der Waals surface area contributed by atoms with Gasteiger partial charge in [-0.15, -0.1) is 28.3 Å². The number of hydrogen-bond acceptors (Lipinski definition) is 3. The third-order valence-corrected chi connectivity index (χ3v) is 2.87. The minimum absolute atomic E-state index is 0. The van der Waals surface area contributed by atoms with Gasteiger partial charge in [0, 0.05) is 17.9 Å². The highest BCUT2D eigenvalue weighted by Crippen LogP contribution is 2.22. The molecule has 0 spiro atoms. The van der Waals surface area contributed by atoms with E-state index in [4.69, 9.17) is 5.11 Å². The highest BCUT2D eigenvalue weighted by Gasteiger charge is 2.03. The second kappa shape index (κ2) is 5.24. The number of hydrogen-bond donors (Lipinski definition) is 1. The topological polar surface area (TPSA) is 33.1 Å². The molecule has 0 aliphatic rings. The second-order valence-corrected chi connectivity index (χ2v) is 4.31. The standard InChI is InChI=1S/C6H8BrNOS.BrH/c1-4-5(2-3-9)10-6(7)8-4;/h9H,2-3H2,1H3;1H. The van der Waals surface area contributed by atoms with E-state index in [1.807, 2.05) is 6.92 Å². The first kappa shape index (κ1) is 11.6. The van der Waals surface area contributed by atoms with Gasteiger partial charge in [-0.1, -0.05) is 0 Å². The molecule has 0 atom stereocenters. The molecule has 1 aromatic rings. The second-order valence-electron chi connectivity index (χ2n) is 1.95. The normalized spacial score (nSPS) is 9.36. The van der Waals surface area contributed by atoms with Gasteiger partial charge in [-0.3, -0.25) is 0 Å². The zero-order valence-corrected chi connectivity index (χ0v) is 10.1. The molecule has 0 fully saturated rings. The Morgan fingerprint density at radius 1 is 1.64 bits per heavy atom. The van der Waals surface area contributed by atoms with Crippen molar-refractivity contribution in [1.29, 1.82) is 0 Å². The SMILES string of the molecule is Br.Cc1nc(Br)sc1CCO. The van der Waals surface area contributed by atoms with E-state index in [-0.39, 0.29) is 23.6 Å². The van der Waals surface area contributed by atoms with Gasteiger partial charge in [0.05, 0.1) is 5.69 Å². The van der Waals surface area contributed by atoms with Crippen molar-refractivity contribution in [3.05, 3.63) is 14.5 Å². The van der Waals surface area contributed by atoms with Crippen LogP contribution in [-0.4, -0.2) is 16.7 Å². The first-order valence-electron chi connectivity index (χ1n) is 2.96. The molecule has 0 unspecified atom stereocenters. The van der Waals surface area contributed by atoms with E-state index in [2.05, 4.69) is 20.9 Å². The molecule has 2 nitrogen and oxygen atoms in total. The summed E-state index contributed by atoms with van der Waals surface area (Å²) in [4.78, 5) is 5.32. The number of nitrogens with zero attached hydrogens (tertiary/aromatic N) is 1. The zero-order chi connectivity index (χ0) is 7.56. The maximum atomic E-state index is 8.62. The van der Waals surface area contributed by atoms with E-state index >= 15 is 0 Å². The van der Waals surface area contributed by atoms with Crippen LogP contribution in [0, 0.1) is 6.92 Å². The summed E-state index contributed by atoms with van der Waals surface area (Å²) >= 11 is 4.86. The van der Waals surface area contributed by atoms with E-state index in [9.17, 15) is 0 Å². The average Bonchev–Trinajstić information content (AvgIpc) is 2.13. The summed E-state index contributed by atoms with van der Waals surface area (Å²) in [5, 5.41) is 8.62. The van der Waals surface area contributed by atoms with Gasteiger partial charge in [0.2, 0.25) is 0 Å². The van der Waals surface area contributed by atoms with E-state index in [0.717, 1.165) is 20.9 Å². The molecule has 1 aromatic heterocycles. The van der Waals surface area contributed by atoms with Crippen molar-refractivity contribution in [3.8, 4) is 0 Å². The van der Waals surface area contributed by atoms with E-state index in [1.165, 1.54) is 0 Å². The Hall–Kier alpha value is 0.550. The Morgan fingerprint density at radius 3 is 2.64 bits per heavy atom. The predicted molar refractivity (Wildman–Crippen MR) is 55.7 cm³/mol. The maximum absolute atomic E-state index is 8.62. The van der Waals surface area contributed by atoms with E-state index in [0.29, 0.717) is 0 Å². The van der Waals surface area contributed by atoms with Crippen LogP contribution in [0.5, 0.6) is 0 Å². The summed E-state index contributed by atoms with van der Waals surface area (Å²) in [5.74, 6) is 0. The zero-order valence-electron chi connectivity index (χ0n) is 6.00. The Morgan fingerprint density at radius 2 is 2.27 bits per heavy atom. The third kappa shape index (κ3) is 3.19. The van der Waals surface area contributed by atoms with Gasteiger partial charge in [0.15, 0.2) is 3.92 Å². The van der Waals surface area contributed by atoms with E-state index < -0.39 is 0 Å². The fourth-order valence-corrected chi connectivity index (χ4v) is 2.35. The first-order chi connectivity index (χ1) is 4.74. The fraction of sp³-hybridized carbons (Fsp3) is 0.500. The molecule has 0 aliphatic heterocycles. The van der Waals surface area contributed by atoms with Gasteiger partial charge in [0.1, 0.15) is 0 Å². The van der Waals surface area contributed by atoms with Crippen molar-refractivity contribution >= 4 is 44.2 Å². The number of aryl methyl sites for hydroxylation is 1. The molecule has 64 valence electrons. The Kier molecular flexibility index (Phi) is 5.50. The van der Waals surface area contributed by atoms with Crippen LogP contribution in [0.25, 0.3) is 0 Å². The molecule has 0 radical (unpaired) electrons. The van der Waals surface area contributed by atoms with Crippen molar-refractivity contribution in [1.82, 2.24) is 4.98 Å². The quantitative estimate of drug-likeness (QED) is 0.909. The lowest BCUT2D eigenvalue weighted by Gasteiger charge is -1.90. The molecule has 11 heavy (non-hydrogen) atoms. The smallest absolute Gasteiger partial charge is 0.159 e. The number of halogens is 2. The third-order valence-electron chi connectivity index (χ3n) is 1.21. The number of thiazole rings is 1. The Labute approximate surface area is 88.6 Å². The molecule has 5 heteroatoms. The molecule has 1 heterocycles. The molecule has 0 amide bonds. The molecule has 0 aromatic carbocycles. The van der Waals surface area contributed by atoms with Crippen molar-refractivity contribution < 1.29 is 5.11 Å². The van der Waals surface area contributed by atoms with E-state index in [1.54, 1.807) is 11.3 Å². The largest absolute Gasteiger partial charge is 0.396 e. The number of aliphatic hydroxyl groups excluding tert-OH is 1. The van der Waals surface area contributed by atoms with Crippen molar-refractivity contribution in [2.75, 3.05) is 6.61 Å². The average molecular weight is 303 g/mol. The molecule has 1 rings (SSSR count). The van der Waals surface area contributed by atoms with Gasteiger partial charge in [-0.05, 0) is 22.9 Å². The van der Waals surface area contributed by atoms with Crippen LogP contribution >= 0.6 is 44.2 Å². The monoisotopic (exact) mass is 301 g/mol. The van der Waals surface area contributed by atoms with Gasteiger partial charge in [-0.2, -0.15) is 0 Å². The number of rotatable bonds is 2. The van der Waals surface area contributed by atoms with Crippen molar-refractivity contribution in [2.45, 2.75) is 13.3 Å². The highest BCUT2D eigenvalue weighted by molar-refractivity contribution is 9.11. The molecule has 0 aliphatic carbocycles. The lowest BCUT2D eigenvalue weighted by Crippen LogP contribution is -1.88. The van der Waals surface area contributed by atoms with Gasteiger partial charge in [0.25, 0.3) is 0 Å². The molecular formula is C6H9Br2NOS. The van der Waals surface area contributed by atoms with Crippen LogP contribution in [0.4, 0.5) is 0 Å². The van der Waals surface area contributed by atoms with Crippen LogP contribution in [0.15, 0.2) is 3.92 Å². The predicted octanol–water partition coefficient (Wildman–Crippen LogP) is 2.33. The van der Waals surface area contributed by atoms with Gasteiger partial charge >= 0.3 is 0 Å². The molecule has 1 N–H and O–H groups in total. The van der Waals surface area contributed by atoms with Crippen LogP contribution in [-0.2, 0) is 6.42 Å². The van der Waals surface area contributed by atoms with Crippen LogP contribution in [0.1, 0.15) is 10.6 Å². The summed E-state index contributed by atoms with van der Waals surface area (Å²) < 4.78 is 0.897. The number of aliphatic hydroxyl groups is 1. The fourth-order valence-electron chi connectivity index (χ4n) is 0.726. The lowest BCUT2D eigenvalue weighted by molar-refractivity contribution is 0.300. The van der Waals surface area contributed by atoms with Crippen molar-refractivity contribution in [2.24, 2.45) is 0 Å². The highest BCUT2D eigenvalue weighted by atomic mass is 79.9. The minimum Gasteiger partial charge on any atom is -0.396 e. The number of aromatic nitrogens is 1. The lowest BCUT2D eigenvalue weighted by atomic mass is 10.3.